The van der Waals surface area contributed by atoms with E-state index in [-0.39, 0.29) is 12.4 Å². The van der Waals surface area contributed by atoms with Crippen LogP contribution in [0.25, 0.3) is 0 Å². The summed E-state index contributed by atoms with van der Waals surface area (Å²) < 4.78 is 1.58. The van der Waals surface area contributed by atoms with Gasteiger partial charge in [0.2, 0.25) is 0 Å². The van der Waals surface area contributed by atoms with Crippen LogP contribution < -0.4 is 0 Å². The molecule has 0 bridgehead atoms. The van der Waals surface area contributed by atoms with Crippen molar-refractivity contribution >= 4 is 18.4 Å². The van der Waals surface area contributed by atoms with Gasteiger partial charge in [-0.05, 0) is 19.3 Å². The van der Waals surface area contributed by atoms with Gasteiger partial charge in [0.05, 0.1) is 11.4 Å². The molecule has 0 saturated carbocycles. The van der Waals surface area contributed by atoms with Crippen LogP contribution in [0.2, 0.25) is 0 Å². The molecule has 1 aliphatic rings. The predicted molar refractivity (Wildman–Crippen MR) is 51.6 cm³/mol. The van der Waals surface area contributed by atoms with Gasteiger partial charge in [-0.1, -0.05) is 5.21 Å². The number of aryl methyl sites for hydroxylation is 2. The van der Waals surface area contributed by atoms with E-state index in [1.807, 2.05) is 0 Å². The first-order valence-electron chi connectivity index (χ1n) is 4.31. The van der Waals surface area contributed by atoms with Crippen molar-refractivity contribution in [1.82, 2.24) is 15.0 Å². The average molecular weight is 218 g/mol. The maximum atomic E-state index is 10.9. The van der Waals surface area contributed by atoms with Crippen molar-refractivity contribution in [1.29, 1.82) is 0 Å². The van der Waals surface area contributed by atoms with Crippen LogP contribution in [-0.4, -0.2) is 26.1 Å². The number of halogens is 1. The van der Waals surface area contributed by atoms with Gasteiger partial charge < -0.3 is 5.11 Å². The van der Waals surface area contributed by atoms with Gasteiger partial charge in [0.25, 0.3) is 0 Å². The lowest BCUT2D eigenvalue weighted by Gasteiger charge is -2.17. The number of hydrogen-bond donors (Lipinski definition) is 1. The largest absolute Gasteiger partial charge is 0.481 e. The van der Waals surface area contributed by atoms with Crippen LogP contribution in [0.5, 0.6) is 0 Å². The smallest absolute Gasteiger partial charge is 0.312 e. The lowest BCUT2D eigenvalue weighted by Crippen LogP contribution is -2.20. The molecule has 1 aliphatic carbocycles. The summed E-state index contributed by atoms with van der Waals surface area (Å²) in [7, 11) is 1.74. The van der Waals surface area contributed by atoms with E-state index in [4.69, 9.17) is 5.11 Å². The van der Waals surface area contributed by atoms with Crippen molar-refractivity contribution in [2.75, 3.05) is 0 Å². The molecule has 0 aromatic carbocycles. The molecule has 2 rings (SSSR count). The predicted octanol–water partition coefficient (Wildman–Crippen LogP) is 0.741. The zero-order valence-corrected chi connectivity index (χ0v) is 8.62. The van der Waals surface area contributed by atoms with Crippen LogP contribution in [0, 0.1) is 0 Å². The van der Waals surface area contributed by atoms with E-state index in [0.29, 0.717) is 6.42 Å². The van der Waals surface area contributed by atoms with Crippen LogP contribution in [0.15, 0.2) is 0 Å². The Labute approximate surface area is 87.5 Å². The molecule has 14 heavy (non-hydrogen) atoms. The summed E-state index contributed by atoms with van der Waals surface area (Å²) >= 11 is 0. The summed E-state index contributed by atoms with van der Waals surface area (Å²) in [5.74, 6) is -1.19. The van der Waals surface area contributed by atoms with E-state index in [1.165, 1.54) is 0 Å². The number of rotatable bonds is 1. The third kappa shape index (κ3) is 1.59. The van der Waals surface area contributed by atoms with E-state index < -0.39 is 11.9 Å². The van der Waals surface area contributed by atoms with Gasteiger partial charge in [0.1, 0.15) is 5.92 Å². The molecule has 1 atom stereocenters. The first kappa shape index (κ1) is 11.0. The molecule has 78 valence electrons. The standard InChI is InChI=1S/C8H11N3O2.ClH/c1-11-7-5(8(12)13)3-2-4-6(7)9-10-11;/h5H,2-4H2,1H3,(H,12,13);1H. The Morgan fingerprint density at radius 3 is 3.00 bits per heavy atom. The van der Waals surface area contributed by atoms with Crippen LogP contribution in [0.3, 0.4) is 0 Å². The Kier molecular flexibility index (Phi) is 3.10. The molecule has 0 amide bonds. The summed E-state index contributed by atoms with van der Waals surface area (Å²) in [6.45, 7) is 0. The minimum Gasteiger partial charge on any atom is -0.481 e. The van der Waals surface area contributed by atoms with E-state index in [2.05, 4.69) is 10.3 Å². The molecular formula is C8H12ClN3O2. The first-order valence-corrected chi connectivity index (χ1v) is 4.31. The van der Waals surface area contributed by atoms with Crippen molar-refractivity contribution in [2.24, 2.45) is 7.05 Å². The van der Waals surface area contributed by atoms with Gasteiger partial charge >= 0.3 is 5.97 Å². The number of carboxylic acids is 1. The van der Waals surface area contributed by atoms with E-state index >= 15 is 0 Å². The molecule has 6 heteroatoms. The molecular weight excluding hydrogens is 206 g/mol. The average Bonchev–Trinajstić information content (AvgIpc) is 2.48. The fourth-order valence-electron chi connectivity index (χ4n) is 1.86. The van der Waals surface area contributed by atoms with Gasteiger partial charge in [-0.25, -0.2) is 0 Å². The second kappa shape index (κ2) is 3.96. The summed E-state index contributed by atoms with van der Waals surface area (Å²) in [5, 5.41) is 16.7. The van der Waals surface area contributed by atoms with E-state index in [9.17, 15) is 4.79 Å². The molecule has 1 heterocycles. The quantitative estimate of drug-likeness (QED) is 0.754. The van der Waals surface area contributed by atoms with Crippen molar-refractivity contribution in [2.45, 2.75) is 25.2 Å². The number of nitrogens with zero attached hydrogens (tertiary/aromatic N) is 3. The summed E-state index contributed by atoms with van der Waals surface area (Å²) in [4.78, 5) is 10.9. The lowest BCUT2D eigenvalue weighted by molar-refractivity contribution is -0.139. The van der Waals surface area contributed by atoms with Crippen LogP contribution in [0.4, 0.5) is 0 Å². The molecule has 5 nitrogen and oxygen atoms in total. The Morgan fingerprint density at radius 1 is 1.64 bits per heavy atom. The first-order chi connectivity index (χ1) is 6.20. The number of fused-ring (bicyclic) bond motifs is 1. The maximum absolute atomic E-state index is 10.9. The fourth-order valence-corrected chi connectivity index (χ4v) is 1.86. The van der Waals surface area contributed by atoms with Gasteiger partial charge in [-0.2, -0.15) is 0 Å². The highest BCUT2D eigenvalue weighted by Crippen LogP contribution is 2.29. The second-order valence-corrected chi connectivity index (χ2v) is 3.33. The number of hydrogen-bond acceptors (Lipinski definition) is 3. The molecule has 1 aromatic heterocycles. The molecule has 0 aliphatic heterocycles. The minimum atomic E-state index is -0.772. The Bertz CT molecular complexity index is 350. The molecule has 1 N–H and O–H groups in total. The van der Waals surface area contributed by atoms with Crippen LogP contribution in [-0.2, 0) is 18.3 Å². The fraction of sp³-hybridized carbons (Fsp3) is 0.625. The Hall–Kier alpha value is -1.10. The van der Waals surface area contributed by atoms with Crippen LogP contribution in [0.1, 0.15) is 30.1 Å². The van der Waals surface area contributed by atoms with Crippen molar-refractivity contribution in [3.63, 3.8) is 0 Å². The number of aliphatic carboxylic acids is 1. The van der Waals surface area contributed by atoms with Crippen molar-refractivity contribution in [3.05, 3.63) is 11.4 Å². The normalized spacial score (nSPS) is 19.6. The third-order valence-corrected chi connectivity index (χ3v) is 2.48. The SMILES string of the molecule is Cl.Cn1nnc2c1C(C(=O)O)CCC2. The Morgan fingerprint density at radius 2 is 2.36 bits per heavy atom. The third-order valence-electron chi connectivity index (χ3n) is 2.48. The van der Waals surface area contributed by atoms with Crippen LogP contribution >= 0.6 is 12.4 Å². The van der Waals surface area contributed by atoms with E-state index in [1.54, 1.807) is 11.7 Å². The molecule has 0 radical (unpaired) electrons. The van der Waals surface area contributed by atoms with Crippen molar-refractivity contribution < 1.29 is 9.90 Å². The minimum absolute atomic E-state index is 0. The lowest BCUT2D eigenvalue weighted by atomic mass is 9.90. The topological polar surface area (TPSA) is 68.0 Å². The van der Waals surface area contributed by atoms with Crippen molar-refractivity contribution in [3.8, 4) is 0 Å². The number of aromatic nitrogens is 3. The second-order valence-electron chi connectivity index (χ2n) is 3.33. The molecule has 0 fully saturated rings. The molecule has 0 spiro atoms. The Balaban J connectivity index is 0.000000980. The number of carboxylic acid groups (broad SMARTS) is 1. The molecule has 0 saturated heterocycles. The highest BCUT2D eigenvalue weighted by atomic mass is 35.5. The van der Waals surface area contributed by atoms with Gasteiger partial charge in [0, 0.05) is 7.05 Å². The van der Waals surface area contributed by atoms with Gasteiger partial charge in [-0.3, -0.25) is 9.48 Å². The maximum Gasteiger partial charge on any atom is 0.312 e. The summed E-state index contributed by atoms with van der Waals surface area (Å²) in [5.41, 5.74) is 1.62. The highest BCUT2D eigenvalue weighted by Gasteiger charge is 2.30. The zero-order valence-electron chi connectivity index (χ0n) is 7.80. The number of carbonyl (C=O) groups is 1. The van der Waals surface area contributed by atoms with Gasteiger partial charge in [0.15, 0.2) is 0 Å². The highest BCUT2D eigenvalue weighted by molar-refractivity contribution is 5.85. The summed E-state index contributed by atoms with van der Waals surface area (Å²) in [6.07, 6.45) is 2.44. The molecule has 1 unspecified atom stereocenters. The monoisotopic (exact) mass is 217 g/mol. The van der Waals surface area contributed by atoms with Gasteiger partial charge in [-0.15, -0.1) is 17.5 Å². The summed E-state index contributed by atoms with van der Waals surface area (Å²) in [6, 6.07) is 0. The molecule has 1 aromatic rings. The van der Waals surface area contributed by atoms with E-state index in [0.717, 1.165) is 24.2 Å². The zero-order chi connectivity index (χ0) is 9.42.